The summed E-state index contributed by atoms with van der Waals surface area (Å²) in [5.41, 5.74) is 0.178. The van der Waals surface area contributed by atoms with E-state index in [2.05, 4.69) is 16.6 Å². The van der Waals surface area contributed by atoms with Crippen molar-refractivity contribution in [1.29, 1.82) is 0 Å². The summed E-state index contributed by atoms with van der Waals surface area (Å²) in [6, 6.07) is 5.49. The Kier molecular flexibility index (Phi) is 8.19. The Hall–Kier alpha value is -2.19. The van der Waals surface area contributed by atoms with Crippen LogP contribution in [0.2, 0.25) is 0 Å². The van der Waals surface area contributed by atoms with Gasteiger partial charge in [0.15, 0.2) is 6.10 Å². The fourth-order valence-electron chi connectivity index (χ4n) is 3.05. The van der Waals surface area contributed by atoms with Crippen LogP contribution in [0, 0.1) is 0 Å². The Morgan fingerprint density at radius 1 is 1.18 bits per heavy atom. The van der Waals surface area contributed by atoms with E-state index in [0.29, 0.717) is 0 Å². The highest BCUT2D eigenvalue weighted by atomic mass is 32.2. The Morgan fingerprint density at radius 2 is 1.79 bits per heavy atom. The summed E-state index contributed by atoms with van der Waals surface area (Å²) >= 11 is 0. The van der Waals surface area contributed by atoms with Crippen LogP contribution in [-0.2, 0) is 19.6 Å². The molecule has 1 aliphatic carbocycles. The molecule has 0 bridgehead atoms. The van der Waals surface area contributed by atoms with Crippen LogP contribution in [0.25, 0.3) is 0 Å². The molecule has 1 aromatic rings. The van der Waals surface area contributed by atoms with Gasteiger partial charge in [0, 0.05) is 12.6 Å². The minimum Gasteiger partial charge on any atom is -0.449 e. The summed E-state index contributed by atoms with van der Waals surface area (Å²) in [4.78, 5) is 24.6. The molecule has 8 heteroatoms. The molecule has 1 amide bonds. The largest absolute Gasteiger partial charge is 0.449 e. The average molecular weight is 409 g/mol. The van der Waals surface area contributed by atoms with Gasteiger partial charge in [0.05, 0.1) is 10.5 Å². The van der Waals surface area contributed by atoms with Gasteiger partial charge in [-0.15, -0.1) is 6.58 Å². The van der Waals surface area contributed by atoms with Crippen LogP contribution >= 0.6 is 0 Å². The molecule has 28 heavy (non-hydrogen) atoms. The van der Waals surface area contributed by atoms with Crippen LogP contribution < -0.4 is 10.0 Å². The molecule has 0 heterocycles. The van der Waals surface area contributed by atoms with E-state index in [-0.39, 0.29) is 29.0 Å². The third-order valence-electron chi connectivity index (χ3n) is 4.67. The summed E-state index contributed by atoms with van der Waals surface area (Å²) in [6.45, 7) is 5.10. The average Bonchev–Trinajstić information content (AvgIpc) is 2.95. The number of nitrogens with one attached hydrogen (secondary N) is 2. The Labute approximate surface area is 166 Å². The lowest BCUT2D eigenvalue weighted by atomic mass is 10.1. The Bertz CT molecular complexity index is 781. The predicted molar refractivity (Wildman–Crippen MR) is 106 cm³/mol. The molecule has 0 unspecified atom stereocenters. The van der Waals surface area contributed by atoms with Crippen molar-refractivity contribution in [2.75, 3.05) is 6.54 Å². The number of sulfonamides is 1. The molecule has 0 spiro atoms. The van der Waals surface area contributed by atoms with Crippen LogP contribution in [0.3, 0.4) is 0 Å². The van der Waals surface area contributed by atoms with Gasteiger partial charge in [-0.2, -0.15) is 0 Å². The molecule has 1 fully saturated rings. The maximum atomic E-state index is 12.3. The van der Waals surface area contributed by atoms with Crippen LogP contribution in [0.1, 0.15) is 55.8 Å². The van der Waals surface area contributed by atoms with E-state index in [1.165, 1.54) is 50.1 Å². The van der Waals surface area contributed by atoms with E-state index < -0.39 is 22.1 Å². The number of ether oxygens (including phenoxy) is 1. The molecule has 1 atom stereocenters. The van der Waals surface area contributed by atoms with Gasteiger partial charge in [0.25, 0.3) is 5.91 Å². The van der Waals surface area contributed by atoms with E-state index in [0.717, 1.165) is 25.7 Å². The van der Waals surface area contributed by atoms with Crippen molar-refractivity contribution in [1.82, 2.24) is 10.0 Å². The maximum Gasteiger partial charge on any atom is 0.338 e. The van der Waals surface area contributed by atoms with Crippen LogP contribution in [0.5, 0.6) is 0 Å². The molecular weight excluding hydrogens is 380 g/mol. The summed E-state index contributed by atoms with van der Waals surface area (Å²) in [5, 5.41) is 2.95. The monoisotopic (exact) mass is 408 g/mol. The van der Waals surface area contributed by atoms with Gasteiger partial charge in [0.2, 0.25) is 10.0 Å². The van der Waals surface area contributed by atoms with Crippen molar-refractivity contribution in [2.24, 2.45) is 0 Å². The van der Waals surface area contributed by atoms with Gasteiger partial charge < -0.3 is 10.1 Å². The third-order valence-corrected chi connectivity index (χ3v) is 6.11. The summed E-state index contributed by atoms with van der Waals surface area (Å²) < 4.78 is 31.6. The molecule has 154 valence electrons. The van der Waals surface area contributed by atoms with E-state index in [1.54, 1.807) is 0 Å². The quantitative estimate of drug-likeness (QED) is 0.391. The minimum absolute atomic E-state index is 0.0325. The number of amides is 1. The second-order valence-electron chi connectivity index (χ2n) is 6.91. The summed E-state index contributed by atoms with van der Waals surface area (Å²) in [7, 11) is -3.66. The lowest BCUT2D eigenvalue weighted by molar-refractivity contribution is -0.129. The van der Waals surface area contributed by atoms with Gasteiger partial charge in [-0.3, -0.25) is 4.79 Å². The molecular formula is C20H28N2O5S. The minimum atomic E-state index is -3.66. The van der Waals surface area contributed by atoms with Crippen molar-refractivity contribution in [3.8, 4) is 0 Å². The van der Waals surface area contributed by atoms with E-state index >= 15 is 0 Å². The van der Waals surface area contributed by atoms with Gasteiger partial charge in [-0.25, -0.2) is 17.9 Å². The van der Waals surface area contributed by atoms with Gasteiger partial charge in [0.1, 0.15) is 0 Å². The van der Waals surface area contributed by atoms with E-state index in [9.17, 15) is 18.0 Å². The fourth-order valence-corrected chi connectivity index (χ4v) is 4.04. The number of carbonyl (C=O) groups is 2. The van der Waals surface area contributed by atoms with Crippen LogP contribution in [0.15, 0.2) is 41.8 Å². The van der Waals surface area contributed by atoms with Crippen LogP contribution in [-0.4, -0.2) is 39.0 Å². The number of carbonyl (C=O) groups excluding carboxylic acids is 2. The zero-order chi connectivity index (χ0) is 20.6. The van der Waals surface area contributed by atoms with Crippen LogP contribution in [0.4, 0.5) is 0 Å². The highest BCUT2D eigenvalue weighted by molar-refractivity contribution is 7.89. The number of rotatable bonds is 8. The SMILES string of the molecule is C=CCNS(=O)(=O)c1ccc(C(=O)O[C@H](C)C(=O)NC2CCCCCC2)cc1. The highest BCUT2D eigenvalue weighted by Gasteiger charge is 2.23. The second-order valence-corrected chi connectivity index (χ2v) is 8.68. The van der Waals surface area contributed by atoms with Crippen molar-refractivity contribution >= 4 is 21.9 Å². The molecule has 0 radical (unpaired) electrons. The molecule has 0 aliphatic heterocycles. The fraction of sp³-hybridized carbons (Fsp3) is 0.500. The first-order chi connectivity index (χ1) is 13.3. The van der Waals surface area contributed by atoms with Crippen molar-refractivity contribution < 1.29 is 22.7 Å². The molecule has 0 saturated heterocycles. The van der Waals surface area contributed by atoms with Gasteiger partial charge in [-0.05, 0) is 44.0 Å². The maximum absolute atomic E-state index is 12.3. The van der Waals surface area contributed by atoms with Gasteiger partial charge in [-0.1, -0.05) is 31.8 Å². The first kappa shape index (κ1) is 22.1. The number of hydrogen-bond acceptors (Lipinski definition) is 5. The summed E-state index contributed by atoms with van der Waals surface area (Å²) in [5.74, 6) is -0.986. The van der Waals surface area contributed by atoms with Crippen molar-refractivity contribution in [2.45, 2.75) is 62.5 Å². The molecule has 0 aromatic heterocycles. The molecule has 1 aromatic carbocycles. The zero-order valence-corrected chi connectivity index (χ0v) is 17.0. The summed E-state index contributed by atoms with van der Waals surface area (Å²) in [6.07, 6.45) is 6.96. The normalized spacial score (nSPS) is 16.6. The number of benzene rings is 1. The second kappa shape index (κ2) is 10.4. The predicted octanol–water partition coefficient (Wildman–Crippen LogP) is 2.54. The Balaban J connectivity index is 1.92. The lowest BCUT2D eigenvalue weighted by Gasteiger charge is -2.19. The third kappa shape index (κ3) is 6.45. The number of esters is 1. The molecule has 1 saturated carbocycles. The molecule has 1 aliphatic rings. The lowest BCUT2D eigenvalue weighted by Crippen LogP contribution is -2.41. The highest BCUT2D eigenvalue weighted by Crippen LogP contribution is 2.17. The first-order valence-corrected chi connectivity index (χ1v) is 11.0. The molecule has 2 rings (SSSR count). The standard InChI is InChI=1S/C20H28N2O5S/c1-3-14-21-28(25,26)18-12-10-16(11-13-18)20(24)27-15(2)19(23)22-17-8-6-4-5-7-9-17/h3,10-13,15,17,21H,1,4-9,14H2,2H3,(H,22,23)/t15-/m1/s1. The molecule has 7 nitrogen and oxygen atoms in total. The smallest absolute Gasteiger partial charge is 0.338 e. The van der Waals surface area contributed by atoms with Crippen molar-refractivity contribution in [3.05, 3.63) is 42.5 Å². The topological polar surface area (TPSA) is 102 Å². The number of hydrogen-bond donors (Lipinski definition) is 2. The molecule has 2 N–H and O–H groups in total. The zero-order valence-electron chi connectivity index (χ0n) is 16.1. The van der Waals surface area contributed by atoms with Gasteiger partial charge >= 0.3 is 5.97 Å². The van der Waals surface area contributed by atoms with E-state index in [1.807, 2.05) is 0 Å². The van der Waals surface area contributed by atoms with Crippen molar-refractivity contribution in [3.63, 3.8) is 0 Å². The Morgan fingerprint density at radius 3 is 2.36 bits per heavy atom. The first-order valence-electron chi connectivity index (χ1n) is 9.55. The van der Waals surface area contributed by atoms with E-state index in [4.69, 9.17) is 4.74 Å².